The number of aromatic nitrogens is 3. The van der Waals surface area contributed by atoms with Crippen LogP contribution in [0, 0.1) is 12.8 Å². The standard InChI is InChI=1S/C13H18N4/c1-10-5-7-17-12(15-16-13(17)8-10)3-2-11-4-6-14-9-11/h5,7-8,11,14H,2-4,6,9H2,1H3. The lowest BCUT2D eigenvalue weighted by atomic mass is 10.0. The molecule has 90 valence electrons. The lowest BCUT2D eigenvalue weighted by Crippen LogP contribution is -2.10. The van der Waals surface area contributed by atoms with Crippen molar-refractivity contribution in [2.45, 2.75) is 26.2 Å². The maximum atomic E-state index is 4.29. The minimum atomic E-state index is 0.813. The van der Waals surface area contributed by atoms with Crippen molar-refractivity contribution in [1.29, 1.82) is 0 Å². The Morgan fingerprint density at radius 3 is 3.24 bits per heavy atom. The average molecular weight is 230 g/mol. The summed E-state index contributed by atoms with van der Waals surface area (Å²) in [5, 5.41) is 11.9. The Labute approximate surface area is 101 Å². The number of aryl methyl sites for hydroxylation is 2. The number of nitrogens with one attached hydrogen (secondary N) is 1. The highest BCUT2D eigenvalue weighted by atomic mass is 15.2. The molecule has 3 rings (SSSR count). The Hall–Kier alpha value is -1.42. The van der Waals surface area contributed by atoms with Crippen LogP contribution in [0.15, 0.2) is 18.3 Å². The summed E-state index contributed by atoms with van der Waals surface area (Å²) in [4.78, 5) is 0. The SMILES string of the molecule is Cc1ccn2c(CCC3CCNC3)nnc2c1. The number of nitrogens with zero attached hydrogens (tertiary/aromatic N) is 3. The normalized spacial score (nSPS) is 20.2. The van der Waals surface area contributed by atoms with Crippen molar-refractivity contribution in [2.75, 3.05) is 13.1 Å². The van der Waals surface area contributed by atoms with E-state index in [0.29, 0.717) is 0 Å². The molecule has 0 amide bonds. The number of fused-ring (bicyclic) bond motifs is 1. The molecule has 1 aliphatic heterocycles. The molecule has 1 unspecified atom stereocenters. The fourth-order valence-corrected chi connectivity index (χ4v) is 2.51. The highest BCUT2D eigenvalue weighted by molar-refractivity contribution is 5.40. The van der Waals surface area contributed by atoms with Crippen LogP contribution in [0.2, 0.25) is 0 Å². The predicted molar refractivity (Wildman–Crippen MR) is 67.0 cm³/mol. The van der Waals surface area contributed by atoms with E-state index in [4.69, 9.17) is 0 Å². The maximum Gasteiger partial charge on any atom is 0.161 e. The number of pyridine rings is 1. The minimum absolute atomic E-state index is 0.813. The van der Waals surface area contributed by atoms with Crippen molar-refractivity contribution >= 4 is 5.65 Å². The molecular weight excluding hydrogens is 212 g/mol. The maximum absolute atomic E-state index is 4.29. The van der Waals surface area contributed by atoms with Gasteiger partial charge in [0.15, 0.2) is 5.65 Å². The molecule has 17 heavy (non-hydrogen) atoms. The Bertz CT molecular complexity index is 511. The van der Waals surface area contributed by atoms with E-state index in [1.165, 1.54) is 24.9 Å². The van der Waals surface area contributed by atoms with Gasteiger partial charge in [-0.1, -0.05) is 0 Å². The zero-order chi connectivity index (χ0) is 11.7. The largest absolute Gasteiger partial charge is 0.316 e. The van der Waals surface area contributed by atoms with Crippen molar-refractivity contribution in [3.8, 4) is 0 Å². The molecule has 0 aliphatic carbocycles. The van der Waals surface area contributed by atoms with Crippen molar-refractivity contribution < 1.29 is 0 Å². The summed E-state index contributed by atoms with van der Waals surface area (Å²) in [6, 6.07) is 4.19. The van der Waals surface area contributed by atoms with Crippen LogP contribution in [0.5, 0.6) is 0 Å². The summed E-state index contributed by atoms with van der Waals surface area (Å²) in [6.45, 7) is 4.42. The molecule has 1 aliphatic rings. The molecule has 0 saturated carbocycles. The Balaban J connectivity index is 1.76. The third-order valence-corrected chi connectivity index (χ3v) is 3.57. The monoisotopic (exact) mass is 230 g/mol. The molecule has 1 atom stereocenters. The van der Waals surface area contributed by atoms with Gasteiger partial charge in [-0.2, -0.15) is 0 Å². The van der Waals surface area contributed by atoms with E-state index < -0.39 is 0 Å². The van der Waals surface area contributed by atoms with Gasteiger partial charge in [0.05, 0.1) is 0 Å². The van der Waals surface area contributed by atoms with Crippen molar-refractivity contribution in [3.63, 3.8) is 0 Å². The predicted octanol–water partition coefficient (Wildman–Crippen LogP) is 1.58. The summed E-state index contributed by atoms with van der Waals surface area (Å²) in [5.41, 5.74) is 2.20. The molecular formula is C13H18N4. The van der Waals surface area contributed by atoms with Crippen LogP contribution in [0.3, 0.4) is 0 Å². The second-order valence-corrected chi connectivity index (χ2v) is 4.95. The van der Waals surface area contributed by atoms with Crippen LogP contribution >= 0.6 is 0 Å². The second-order valence-electron chi connectivity index (χ2n) is 4.95. The Morgan fingerprint density at radius 2 is 2.41 bits per heavy atom. The number of hydrogen-bond donors (Lipinski definition) is 1. The molecule has 1 saturated heterocycles. The van der Waals surface area contributed by atoms with E-state index in [9.17, 15) is 0 Å². The highest BCUT2D eigenvalue weighted by Gasteiger charge is 2.15. The van der Waals surface area contributed by atoms with Gasteiger partial charge in [-0.15, -0.1) is 10.2 Å². The molecule has 0 bridgehead atoms. The number of hydrogen-bond acceptors (Lipinski definition) is 3. The molecule has 1 N–H and O–H groups in total. The summed E-state index contributed by atoms with van der Waals surface area (Å²) < 4.78 is 2.11. The smallest absolute Gasteiger partial charge is 0.161 e. The van der Waals surface area contributed by atoms with Gasteiger partial charge in [0.25, 0.3) is 0 Å². The lowest BCUT2D eigenvalue weighted by Gasteiger charge is -2.06. The molecule has 0 spiro atoms. The third-order valence-electron chi connectivity index (χ3n) is 3.57. The summed E-state index contributed by atoms with van der Waals surface area (Å²) in [5.74, 6) is 1.90. The van der Waals surface area contributed by atoms with E-state index >= 15 is 0 Å². The van der Waals surface area contributed by atoms with Gasteiger partial charge in [-0.3, -0.25) is 4.40 Å². The van der Waals surface area contributed by atoms with E-state index in [1.54, 1.807) is 0 Å². The zero-order valence-corrected chi connectivity index (χ0v) is 10.2. The molecule has 2 aromatic rings. The zero-order valence-electron chi connectivity index (χ0n) is 10.2. The topological polar surface area (TPSA) is 42.2 Å². The van der Waals surface area contributed by atoms with Crippen LogP contribution in [-0.4, -0.2) is 27.7 Å². The summed E-state index contributed by atoms with van der Waals surface area (Å²) in [6.07, 6.45) is 5.61. The quantitative estimate of drug-likeness (QED) is 0.870. The Kier molecular flexibility index (Phi) is 2.81. The molecule has 4 heteroatoms. The molecule has 4 nitrogen and oxygen atoms in total. The van der Waals surface area contributed by atoms with Gasteiger partial charge in [-0.05, 0) is 56.5 Å². The average Bonchev–Trinajstić information content (AvgIpc) is 2.94. The Morgan fingerprint density at radius 1 is 1.47 bits per heavy atom. The molecule has 0 aromatic carbocycles. The highest BCUT2D eigenvalue weighted by Crippen LogP contribution is 2.16. The first-order valence-electron chi connectivity index (χ1n) is 6.34. The van der Waals surface area contributed by atoms with Crippen LogP contribution in [0.1, 0.15) is 24.2 Å². The van der Waals surface area contributed by atoms with Crippen molar-refractivity contribution in [3.05, 3.63) is 29.7 Å². The summed E-state index contributed by atoms with van der Waals surface area (Å²) >= 11 is 0. The minimum Gasteiger partial charge on any atom is -0.316 e. The van der Waals surface area contributed by atoms with E-state index in [1.807, 2.05) is 0 Å². The van der Waals surface area contributed by atoms with Gasteiger partial charge < -0.3 is 5.32 Å². The van der Waals surface area contributed by atoms with Crippen LogP contribution in [0.4, 0.5) is 0 Å². The number of rotatable bonds is 3. The third kappa shape index (κ3) is 2.17. The molecule has 0 radical (unpaired) electrons. The van der Waals surface area contributed by atoms with Crippen LogP contribution in [0.25, 0.3) is 5.65 Å². The molecule has 1 fully saturated rings. The van der Waals surface area contributed by atoms with Crippen molar-refractivity contribution in [1.82, 2.24) is 19.9 Å². The fourth-order valence-electron chi connectivity index (χ4n) is 2.51. The van der Waals surface area contributed by atoms with Gasteiger partial charge in [0.2, 0.25) is 0 Å². The van der Waals surface area contributed by atoms with E-state index in [-0.39, 0.29) is 0 Å². The second kappa shape index (κ2) is 4.45. The first-order chi connectivity index (χ1) is 8.33. The van der Waals surface area contributed by atoms with Gasteiger partial charge in [0.1, 0.15) is 5.82 Å². The van der Waals surface area contributed by atoms with E-state index in [2.05, 4.69) is 45.2 Å². The van der Waals surface area contributed by atoms with Gasteiger partial charge >= 0.3 is 0 Å². The first kappa shape index (κ1) is 10.7. The van der Waals surface area contributed by atoms with Crippen molar-refractivity contribution in [2.24, 2.45) is 5.92 Å². The molecule has 2 aromatic heterocycles. The van der Waals surface area contributed by atoms with Gasteiger partial charge in [-0.25, -0.2) is 0 Å². The fraction of sp³-hybridized carbons (Fsp3) is 0.538. The van der Waals surface area contributed by atoms with Gasteiger partial charge in [0, 0.05) is 12.6 Å². The summed E-state index contributed by atoms with van der Waals surface area (Å²) in [7, 11) is 0. The lowest BCUT2D eigenvalue weighted by molar-refractivity contribution is 0.523. The molecule has 3 heterocycles. The van der Waals surface area contributed by atoms with E-state index in [0.717, 1.165) is 30.4 Å². The first-order valence-corrected chi connectivity index (χ1v) is 6.34. The van der Waals surface area contributed by atoms with Crippen LogP contribution < -0.4 is 5.32 Å². The van der Waals surface area contributed by atoms with Crippen LogP contribution in [-0.2, 0) is 6.42 Å².